The Morgan fingerprint density at radius 1 is 1.38 bits per heavy atom. The van der Waals surface area contributed by atoms with Crippen LogP contribution in [0.4, 0.5) is 0 Å². The largest absolute Gasteiger partial charge is 0.508 e. The maximum absolute atomic E-state index is 9.49. The third-order valence-electron chi connectivity index (χ3n) is 2.58. The molecular weight excluding hydrogens is 162 g/mol. The van der Waals surface area contributed by atoms with Gasteiger partial charge in [-0.25, -0.2) is 6.57 Å². The van der Waals surface area contributed by atoms with Crippen LogP contribution in [-0.2, 0) is 6.42 Å². The highest BCUT2D eigenvalue weighted by Gasteiger charge is 2.50. The molecule has 2 nitrogen and oxygen atoms in total. The van der Waals surface area contributed by atoms with Crippen LogP contribution in [-0.4, -0.2) is 10.6 Å². The molecule has 0 aliphatic heterocycles. The Hall–Kier alpha value is -1.49. The number of hydrogen-bond donors (Lipinski definition) is 1. The topological polar surface area (TPSA) is 24.6 Å². The zero-order valence-corrected chi connectivity index (χ0v) is 7.33. The van der Waals surface area contributed by atoms with Gasteiger partial charge in [0.2, 0.25) is 5.54 Å². The summed E-state index contributed by atoms with van der Waals surface area (Å²) in [4.78, 5) is 3.61. The van der Waals surface area contributed by atoms with Crippen LogP contribution in [0.1, 0.15) is 18.4 Å². The first kappa shape index (κ1) is 8.12. The molecule has 66 valence electrons. The first-order chi connectivity index (χ1) is 6.26. The molecule has 0 amide bonds. The van der Waals surface area contributed by atoms with E-state index in [1.807, 2.05) is 12.1 Å². The van der Waals surface area contributed by atoms with Crippen molar-refractivity contribution in [3.05, 3.63) is 41.2 Å². The molecule has 0 unspecified atom stereocenters. The van der Waals surface area contributed by atoms with E-state index in [-0.39, 0.29) is 5.54 Å². The first-order valence-corrected chi connectivity index (χ1v) is 4.41. The molecule has 1 aromatic rings. The van der Waals surface area contributed by atoms with E-state index in [1.165, 1.54) is 0 Å². The van der Waals surface area contributed by atoms with Gasteiger partial charge in [-0.05, 0) is 6.07 Å². The fraction of sp³-hybridized carbons (Fsp3) is 0.364. The normalized spacial score (nSPS) is 17.8. The molecule has 2 rings (SSSR count). The van der Waals surface area contributed by atoms with Gasteiger partial charge in [0.1, 0.15) is 5.75 Å². The second-order valence-electron chi connectivity index (χ2n) is 3.64. The summed E-state index contributed by atoms with van der Waals surface area (Å²) in [6, 6.07) is 7.27. The van der Waals surface area contributed by atoms with Gasteiger partial charge in [0.15, 0.2) is 0 Å². The van der Waals surface area contributed by atoms with Gasteiger partial charge in [-0.15, -0.1) is 0 Å². The van der Waals surface area contributed by atoms with Gasteiger partial charge in [0.05, 0.1) is 6.42 Å². The number of hydrogen-bond acceptors (Lipinski definition) is 1. The van der Waals surface area contributed by atoms with Crippen LogP contribution < -0.4 is 0 Å². The summed E-state index contributed by atoms with van der Waals surface area (Å²) < 4.78 is 0. The Labute approximate surface area is 77.6 Å². The molecule has 13 heavy (non-hydrogen) atoms. The summed E-state index contributed by atoms with van der Waals surface area (Å²) in [5, 5.41) is 9.49. The Morgan fingerprint density at radius 3 is 2.62 bits per heavy atom. The van der Waals surface area contributed by atoms with E-state index in [2.05, 4.69) is 4.85 Å². The quantitative estimate of drug-likeness (QED) is 0.682. The second kappa shape index (κ2) is 2.77. The van der Waals surface area contributed by atoms with E-state index >= 15 is 0 Å². The third-order valence-corrected chi connectivity index (χ3v) is 2.58. The predicted octanol–water partition coefficient (Wildman–Crippen LogP) is 2.39. The summed E-state index contributed by atoms with van der Waals surface area (Å²) in [5.41, 5.74) is 0.717. The van der Waals surface area contributed by atoms with E-state index in [4.69, 9.17) is 6.57 Å². The molecule has 1 saturated carbocycles. The molecule has 1 N–H and O–H groups in total. The monoisotopic (exact) mass is 173 g/mol. The molecule has 0 aromatic heterocycles. The highest BCUT2D eigenvalue weighted by molar-refractivity contribution is 5.35. The van der Waals surface area contributed by atoms with Crippen LogP contribution in [0.15, 0.2) is 24.3 Å². The molecule has 1 aliphatic carbocycles. The Morgan fingerprint density at radius 2 is 2.08 bits per heavy atom. The molecule has 0 bridgehead atoms. The lowest BCUT2D eigenvalue weighted by atomic mass is 10.0. The molecule has 1 aromatic carbocycles. The minimum atomic E-state index is -0.182. The number of para-hydroxylation sites is 1. The van der Waals surface area contributed by atoms with Gasteiger partial charge >= 0.3 is 0 Å². The van der Waals surface area contributed by atoms with Crippen molar-refractivity contribution in [2.75, 3.05) is 0 Å². The van der Waals surface area contributed by atoms with Crippen molar-refractivity contribution in [1.29, 1.82) is 0 Å². The maximum atomic E-state index is 9.49. The van der Waals surface area contributed by atoms with Gasteiger partial charge < -0.3 is 9.95 Å². The predicted molar refractivity (Wildman–Crippen MR) is 50.4 cm³/mol. The summed E-state index contributed by atoms with van der Waals surface area (Å²) >= 11 is 0. The zero-order valence-electron chi connectivity index (χ0n) is 7.33. The van der Waals surface area contributed by atoms with Crippen LogP contribution in [0.5, 0.6) is 5.75 Å². The fourth-order valence-corrected chi connectivity index (χ4v) is 1.49. The third kappa shape index (κ3) is 1.50. The number of nitrogens with zero attached hydrogens (tertiary/aromatic N) is 1. The Bertz CT molecular complexity index is 361. The highest BCUT2D eigenvalue weighted by Crippen LogP contribution is 2.43. The van der Waals surface area contributed by atoms with Crippen molar-refractivity contribution in [3.8, 4) is 5.75 Å². The number of benzene rings is 1. The van der Waals surface area contributed by atoms with Crippen LogP contribution in [0.3, 0.4) is 0 Å². The maximum Gasteiger partial charge on any atom is 0.237 e. The average molecular weight is 173 g/mol. The number of rotatable bonds is 2. The standard InChI is InChI=1S/C11H11NO/c1-12-11(6-7-11)8-9-4-2-3-5-10(9)13/h2-5,13H,6-8H2. The molecule has 0 spiro atoms. The molecule has 0 heterocycles. The lowest BCUT2D eigenvalue weighted by Gasteiger charge is -2.04. The van der Waals surface area contributed by atoms with Crippen molar-refractivity contribution in [2.24, 2.45) is 0 Å². The number of phenolic OH excluding ortho intramolecular Hbond substituents is 1. The van der Waals surface area contributed by atoms with Gasteiger partial charge in [-0.2, -0.15) is 0 Å². The molecule has 0 atom stereocenters. The SMILES string of the molecule is [C-]#[N+]C1(Cc2ccccc2O)CC1. The summed E-state index contributed by atoms with van der Waals surface area (Å²) in [6.07, 6.45) is 2.65. The Kier molecular flexibility index (Phi) is 1.73. The van der Waals surface area contributed by atoms with Crippen LogP contribution in [0.2, 0.25) is 0 Å². The molecule has 0 radical (unpaired) electrons. The minimum Gasteiger partial charge on any atom is -0.508 e. The first-order valence-electron chi connectivity index (χ1n) is 4.41. The van der Waals surface area contributed by atoms with Crippen molar-refractivity contribution < 1.29 is 5.11 Å². The van der Waals surface area contributed by atoms with Crippen molar-refractivity contribution in [3.63, 3.8) is 0 Å². The molecular formula is C11H11NO. The number of aromatic hydroxyl groups is 1. The van der Waals surface area contributed by atoms with Crippen molar-refractivity contribution in [2.45, 2.75) is 24.8 Å². The smallest absolute Gasteiger partial charge is 0.237 e. The van der Waals surface area contributed by atoms with E-state index in [9.17, 15) is 5.11 Å². The highest BCUT2D eigenvalue weighted by atomic mass is 16.3. The molecule has 0 saturated heterocycles. The van der Waals surface area contributed by atoms with Gasteiger partial charge in [0, 0.05) is 18.4 Å². The van der Waals surface area contributed by atoms with Gasteiger partial charge in [-0.1, -0.05) is 18.2 Å². The van der Waals surface area contributed by atoms with E-state index in [1.54, 1.807) is 12.1 Å². The van der Waals surface area contributed by atoms with Crippen LogP contribution in [0, 0.1) is 6.57 Å². The summed E-state index contributed by atoms with van der Waals surface area (Å²) in [5.74, 6) is 0.317. The van der Waals surface area contributed by atoms with E-state index in [0.717, 1.165) is 18.4 Å². The van der Waals surface area contributed by atoms with Crippen molar-refractivity contribution in [1.82, 2.24) is 0 Å². The lowest BCUT2D eigenvalue weighted by molar-refractivity contribution is 0.466. The van der Waals surface area contributed by atoms with Crippen LogP contribution >= 0.6 is 0 Å². The van der Waals surface area contributed by atoms with Gasteiger partial charge in [-0.3, -0.25) is 0 Å². The summed E-state index contributed by atoms with van der Waals surface area (Å²) in [6.45, 7) is 7.03. The molecule has 1 aliphatic rings. The molecule has 2 heteroatoms. The minimum absolute atomic E-state index is 0.182. The van der Waals surface area contributed by atoms with E-state index < -0.39 is 0 Å². The van der Waals surface area contributed by atoms with Crippen molar-refractivity contribution >= 4 is 0 Å². The fourth-order valence-electron chi connectivity index (χ4n) is 1.49. The zero-order chi connectivity index (χ0) is 9.31. The molecule has 1 fully saturated rings. The second-order valence-corrected chi connectivity index (χ2v) is 3.64. The lowest BCUT2D eigenvalue weighted by Crippen LogP contribution is -2.06. The Balaban J connectivity index is 2.20. The van der Waals surface area contributed by atoms with E-state index in [0.29, 0.717) is 12.2 Å². The average Bonchev–Trinajstić information content (AvgIpc) is 2.90. The van der Waals surface area contributed by atoms with Crippen LogP contribution in [0.25, 0.3) is 4.85 Å². The summed E-state index contributed by atoms with van der Waals surface area (Å²) in [7, 11) is 0. The number of phenols is 1. The van der Waals surface area contributed by atoms with Gasteiger partial charge in [0.25, 0.3) is 0 Å².